The van der Waals surface area contributed by atoms with Crippen LogP contribution in [0.4, 0.5) is 0 Å². The summed E-state index contributed by atoms with van der Waals surface area (Å²) in [6, 6.07) is 1.58. The number of hydrogen-bond donors (Lipinski definition) is 2. The molecule has 0 saturated carbocycles. The van der Waals surface area contributed by atoms with Gasteiger partial charge in [-0.3, -0.25) is 4.79 Å². The van der Waals surface area contributed by atoms with E-state index in [2.05, 4.69) is 15.3 Å². The second kappa shape index (κ2) is 6.82. The molecule has 1 amide bonds. The summed E-state index contributed by atoms with van der Waals surface area (Å²) >= 11 is 5.72. The lowest BCUT2D eigenvalue weighted by Gasteiger charge is -2.29. The van der Waals surface area contributed by atoms with Gasteiger partial charge in [-0.1, -0.05) is 13.8 Å². The average molecular weight is 286 g/mol. The number of aliphatic hydroxyl groups excluding tert-OH is 1. The smallest absolute Gasteiger partial charge is 0.270 e. The van der Waals surface area contributed by atoms with E-state index in [9.17, 15) is 9.90 Å². The summed E-state index contributed by atoms with van der Waals surface area (Å²) in [4.78, 5) is 19.8. The van der Waals surface area contributed by atoms with Crippen LogP contribution < -0.4 is 5.32 Å². The fourth-order valence-corrected chi connectivity index (χ4v) is 2.01. The zero-order valence-corrected chi connectivity index (χ0v) is 12.3. The highest BCUT2D eigenvalue weighted by molar-refractivity contribution is 6.28. The summed E-state index contributed by atoms with van der Waals surface area (Å²) in [6.45, 7) is 6.20. The summed E-state index contributed by atoms with van der Waals surface area (Å²) in [5, 5.41) is 12.3. The minimum atomic E-state index is -0.299. The lowest BCUT2D eigenvalue weighted by molar-refractivity contribution is 0.0846. The van der Waals surface area contributed by atoms with Gasteiger partial charge in [0.15, 0.2) is 0 Å². The van der Waals surface area contributed by atoms with Gasteiger partial charge < -0.3 is 10.4 Å². The Kier molecular flexibility index (Phi) is 5.69. The van der Waals surface area contributed by atoms with Crippen molar-refractivity contribution in [1.29, 1.82) is 0 Å². The molecular formula is C13H20ClN3O2. The molecule has 0 atom stereocenters. The maximum absolute atomic E-state index is 12.0. The van der Waals surface area contributed by atoms with E-state index in [1.54, 1.807) is 13.0 Å². The molecule has 106 valence electrons. The standard InChI is InChI=1S/C13H20ClN3O2/c1-4-13(5-2,8-18)7-15-11(19)10-6-9(3)16-12(14)17-10/h6,18H,4-5,7-8H2,1-3H3,(H,15,19). The highest BCUT2D eigenvalue weighted by Crippen LogP contribution is 2.24. The van der Waals surface area contributed by atoms with Crippen molar-refractivity contribution in [2.45, 2.75) is 33.6 Å². The molecule has 0 aliphatic rings. The fraction of sp³-hybridized carbons (Fsp3) is 0.615. The lowest BCUT2D eigenvalue weighted by Crippen LogP contribution is -2.39. The first kappa shape index (κ1) is 15.9. The Morgan fingerprint density at radius 1 is 1.42 bits per heavy atom. The molecule has 1 aromatic rings. The van der Waals surface area contributed by atoms with Crippen LogP contribution in [0.25, 0.3) is 0 Å². The van der Waals surface area contributed by atoms with Crippen molar-refractivity contribution in [1.82, 2.24) is 15.3 Å². The van der Waals surface area contributed by atoms with Crippen molar-refractivity contribution < 1.29 is 9.90 Å². The van der Waals surface area contributed by atoms with Gasteiger partial charge in [0.25, 0.3) is 5.91 Å². The van der Waals surface area contributed by atoms with Gasteiger partial charge in [-0.25, -0.2) is 9.97 Å². The van der Waals surface area contributed by atoms with Crippen LogP contribution in [0.5, 0.6) is 0 Å². The molecule has 0 saturated heterocycles. The van der Waals surface area contributed by atoms with Crippen LogP contribution >= 0.6 is 11.6 Å². The maximum atomic E-state index is 12.0. The van der Waals surface area contributed by atoms with Crippen LogP contribution in [0.15, 0.2) is 6.07 Å². The molecule has 0 unspecified atom stereocenters. The number of halogens is 1. The molecule has 6 heteroatoms. The van der Waals surface area contributed by atoms with E-state index in [1.807, 2.05) is 13.8 Å². The van der Waals surface area contributed by atoms with Crippen LogP contribution in [-0.2, 0) is 0 Å². The minimum Gasteiger partial charge on any atom is -0.396 e. The van der Waals surface area contributed by atoms with Crippen molar-refractivity contribution in [3.8, 4) is 0 Å². The van der Waals surface area contributed by atoms with E-state index in [0.717, 1.165) is 12.8 Å². The Bertz CT molecular complexity index is 419. The third kappa shape index (κ3) is 4.14. The van der Waals surface area contributed by atoms with Crippen molar-refractivity contribution in [3.63, 3.8) is 0 Å². The SMILES string of the molecule is CCC(CC)(CO)CNC(=O)c1cc(C)nc(Cl)n1. The van der Waals surface area contributed by atoms with Crippen LogP contribution in [0.1, 0.15) is 42.9 Å². The zero-order chi connectivity index (χ0) is 14.5. The Balaban J connectivity index is 2.74. The molecule has 1 aromatic heterocycles. The maximum Gasteiger partial charge on any atom is 0.270 e. The number of aromatic nitrogens is 2. The van der Waals surface area contributed by atoms with Gasteiger partial charge in [-0.15, -0.1) is 0 Å². The van der Waals surface area contributed by atoms with Crippen molar-refractivity contribution in [3.05, 3.63) is 22.7 Å². The molecular weight excluding hydrogens is 266 g/mol. The summed E-state index contributed by atoms with van der Waals surface area (Å²) in [6.07, 6.45) is 1.59. The summed E-state index contributed by atoms with van der Waals surface area (Å²) in [7, 11) is 0. The monoisotopic (exact) mass is 285 g/mol. The van der Waals surface area contributed by atoms with Crippen molar-refractivity contribution >= 4 is 17.5 Å². The Morgan fingerprint density at radius 3 is 2.53 bits per heavy atom. The predicted molar refractivity (Wildman–Crippen MR) is 74.2 cm³/mol. The van der Waals surface area contributed by atoms with E-state index in [1.165, 1.54) is 0 Å². The molecule has 0 spiro atoms. The number of nitrogens with one attached hydrogen (secondary N) is 1. The normalized spacial score (nSPS) is 11.4. The number of carbonyl (C=O) groups is 1. The second-order valence-electron chi connectivity index (χ2n) is 4.71. The third-order valence-corrected chi connectivity index (χ3v) is 3.69. The largest absolute Gasteiger partial charge is 0.396 e. The van der Waals surface area contributed by atoms with Gasteiger partial charge in [0, 0.05) is 17.7 Å². The van der Waals surface area contributed by atoms with E-state index in [4.69, 9.17) is 11.6 Å². The van der Waals surface area contributed by atoms with Gasteiger partial charge in [-0.05, 0) is 37.4 Å². The van der Waals surface area contributed by atoms with E-state index in [-0.39, 0.29) is 28.9 Å². The van der Waals surface area contributed by atoms with Crippen LogP contribution in [-0.4, -0.2) is 34.1 Å². The Labute approximate surface area is 118 Å². The van der Waals surface area contributed by atoms with E-state index in [0.29, 0.717) is 12.2 Å². The first-order valence-corrected chi connectivity index (χ1v) is 6.74. The van der Waals surface area contributed by atoms with Gasteiger partial charge in [0.2, 0.25) is 5.28 Å². The molecule has 19 heavy (non-hydrogen) atoms. The zero-order valence-electron chi connectivity index (χ0n) is 11.5. The molecule has 1 heterocycles. The number of aryl methyl sites for hydroxylation is 1. The van der Waals surface area contributed by atoms with Crippen molar-refractivity contribution in [2.24, 2.45) is 5.41 Å². The molecule has 5 nitrogen and oxygen atoms in total. The predicted octanol–water partition coefficient (Wildman–Crippen LogP) is 1.97. The molecule has 0 fully saturated rings. The topological polar surface area (TPSA) is 75.1 Å². The van der Waals surface area contributed by atoms with E-state index < -0.39 is 0 Å². The lowest BCUT2D eigenvalue weighted by atomic mass is 9.83. The Morgan fingerprint density at radius 2 is 2.05 bits per heavy atom. The first-order chi connectivity index (χ1) is 8.96. The first-order valence-electron chi connectivity index (χ1n) is 6.36. The number of aliphatic hydroxyl groups is 1. The van der Waals surface area contributed by atoms with E-state index >= 15 is 0 Å². The summed E-state index contributed by atoms with van der Waals surface area (Å²) < 4.78 is 0. The molecule has 2 N–H and O–H groups in total. The van der Waals surface area contributed by atoms with Gasteiger partial charge in [-0.2, -0.15) is 0 Å². The number of hydrogen-bond acceptors (Lipinski definition) is 4. The number of rotatable bonds is 6. The molecule has 0 aliphatic heterocycles. The summed E-state index contributed by atoms with van der Waals surface area (Å²) in [5.41, 5.74) is 0.614. The molecule has 0 aromatic carbocycles. The second-order valence-corrected chi connectivity index (χ2v) is 5.05. The molecule has 1 rings (SSSR count). The Hall–Kier alpha value is -1.20. The number of amides is 1. The van der Waals surface area contributed by atoms with Crippen LogP contribution in [0.3, 0.4) is 0 Å². The van der Waals surface area contributed by atoms with Gasteiger partial charge in [0.1, 0.15) is 5.69 Å². The van der Waals surface area contributed by atoms with Crippen LogP contribution in [0, 0.1) is 12.3 Å². The quantitative estimate of drug-likeness (QED) is 0.784. The van der Waals surface area contributed by atoms with Gasteiger partial charge >= 0.3 is 0 Å². The molecule has 0 aliphatic carbocycles. The van der Waals surface area contributed by atoms with Crippen LogP contribution in [0.2, 0.25) is 5.28 Å². The minimum absolute atomic E-state index is 0.0455. The molecule has 0 radical (unpaired) electrons. The average Bonchev–Trinajstić information content (AvgIpc) is 2.39. The fourth-order valence-electron chi connectivity index (χ4n) is 1.79. The summed E-state index contributed by atoms with van der Waals surface area (Å²) in [5.74, 6) is -0.299. The third-order valence-electron chi connectivity index (χ3n) is 3.52. The highest BCUT2D eigenvalue weighted by Gasteiger charge is 2.26. The number of carbonyl (C=O) groups excluding carboxylic acids is 1. The molecule has 0 bridgehead atoms. The van der Waals surface area contributed by atoms with Gasteiger partial charge in [0.05, 0.1) is 6.61 Å². The highest BCUT2D eigenvalue weighted by atomic mass is 35.5. The van der Waals surface area contributed by atoms with Crippen molar-refractivity contribution in [2.75, 3.05) is 13.2 Å². The number of nitrogens with zero attached hydrogens (tertiary/aromatic N) is 2.